The number of nitrogens with zero attached hydrogens (tertiary/aromatic N) is 1. The largest absolute Gasteiger partial charge is 0.312 e. The summed E-state index contributed by atoms with van der Waals surface area (Å²) in [7, 11) is 0. The molecule has 0 aromatic heterocycles. The summed E-state index contributed by atoms with van der Waals surface area (Å²) in [5.41, 5.74) is 0.568. The van der Waals surface area contributed by atoms with Crippen molar-refractivity contribution < 1.29 is 0 Å². The highest BCUT2D eigenvalue weighted by Gasteiger charge is 2.27. The molecule has 0 spiro atoms. The minimum absolute atomic E-state index is 0.568. The van der Waals surface area contributed by atoms with Crippen LogP contribution in [0.2, 0.25) is 0 Å². The molecule has 0 amide bonds. The van der Waals surface area contributed by atoms with Crippen molar-refractivity contribution in [2.75, 3.05) is 19.6 Å². The van der Waals surface area contributed by atoms with Gasteiger partial charge in [0.15, 0.2) is 0 Å². The van der Waals surface area contributed by atoms with Crippen LogP contribution in [0.1, 0.15) is 60.3 Å². The van der Waals surface area contributed by atoms with Gasteiger partial charge in [-0.05, 0) is 51.1 Å². The van der Waals surface area contributed by atoms with Crippen molar-refractivity contribution in [3.63, 3.8) is 0 Å². The molecule has 0 aromatic rings. The first kappa shape index (κ1) is 15.0. The number of nitrogens with one attached hydrogen (secondary N) is 1. The molecule has 0 saturated carbocycles. The van der Waals surface area contributed by atoms with Gasteiger partial charge in [-0.25, -0.2) is 0 Å². The molecule has 1 aliphatic heterocycles. The monoisotopic (exact) mass is 240 g/mol. The van der Waals surface area contributed by atoms with Crippen molar-refractivity contribution in [3.05, 3.63) is 0 Å². The maximum absolute atomic E-state index is 3.70. The maximum atomic E-state index is 3.70. The van der Waals surface area contributed by atoms with Gasteiger partial charge in [-0.2, -0.15) is 0 Å². The fourth-order valence-corrected chi connectivity index (χ4v) is 2.61. The first-order valence-electron chi connectivity index (χ1n) is 7.46. The van der Waals surface area contributed by atoms with E-state index in [1.54, 1.807) is 0 Å². The average molecular weight is 240 g/mol. The summed E-state index contributed by atoms with van der Waals surface area (Å²) in [5.74, 6) is 0. The van der Waals surface area contributed by atoms with Crippen LogP contribution in [-0.2, 0) is 0 Å². The summed E-state index contributed by atoms with van der Waals surface area (Å²) in [5, 5.41) is 3.70. The molecule has 1 N–H and O–H groups in total. The van der Waals surface area contributed by atoms with Crippen LogP contribution < -0.4 is 5.32 Å². The molecule has 1 atom stereocenters. The van der Waals surface area contributed by atoms with E-state index >= 15 is 0 Å². The molecule has 1 fully saturated rings. The highest BCUT2D eigenvalue weighted by Crippen LogP contribution is 2.30. The van der Waals surface area contributed by atoms with Crippen LogP contribution in [0.25, 0.3) is 0 Å². The molecule has 0 aliphatic carbocycles. The average Bonchev–Trinajstić information content (AvgIpc) is 2.30. The van der Waals surface area contributed by atoms with Gasteiger partial charge in [-0.3, -0.25) is 4.90 Å². The Hall–Kier alpha value is -0.0800. The first-order chi connectivity index (χ1) is 7.98. The minimum Gasteiger partial charge on any atom is -0.312 e. The molecule has 1 rings (SSSR count). The predicted molar refractivity (Wildman–Crippen MR) is 76.4 cm³/mol. The van der Waals surface area contributed by atoms with Gasteiger partial charge in [0.05, 0.1) is 0 Å². The maximum Gasteiger partial charge on any atom is 0.0192 e. The number of rotatable bonds is 6. The summed E-state index contributed by atoms with van der Waals surface area (Å²) < 4.78 is 0. The van der Waals surface area contributed by atoms with Crippen LogP contribution in [0.15, 0.2) is 0 Å². The molecular weight excluding hydrogens is 208 g/mol. The summed E-state index contributed by atoms with van der Waals surface area (Å²) in [4.78, 5) is 2.65. The number of hydrogen-bond acceptors (Lipinski definition) is 2. The summed E-state index contributed by atoms with van der Waals surface area (Å²) in [6, 6.07) is 1.39. The van der Waals surface area contributed by atoms with E-state index in [-0.39, 0.29) is 0 Å². The fourth-order valence-electron chi connectivity index (χ4n) is 2.61. The van der Waals surface area contributed by atoms with Crippen molar-refractivity contribution in [3.8, 4) is 0 Å². The van der Waals surface area contributed by atoms with Crippen LogP contribution in [0, 0.1) is 5.41 Å². The number of likely N-dealkylation sites (tertiary alicyclic amines) is 1. The van der Waals surface area contributed by atoms with Crippen LogP contribution in [0.5, 0.6) is 0 Å². The lowest BCUT2D eigenvalue weighted by molar-refractivity contribution is 0.0983. The van der Waals surface area contributed by atoms with Crippen LogP contribution in [0.3, 0.4) is 0 Å². The van der Waals surface area contributed by atoms with Crippen LogP contribution >= 0.6 is 0 Å². The molecule has 1 heterocycles. The smallest absolute Gasteiger partial charge is 0.0192 e. The highest BCUT2D eigenvalue weighted by atomic mass is 15.2. The van der Waals surface area contributed by atoms with Gasteiger partial charge in [-0.15, -0.1) is 0 Å². The molecule has 17 heavy (non-hydrogen) atoms. The second-order valence-electron chi connectivity index (χ2n) is 6.47. The van der Waals surface area contributed by atoms with Gasteiger partial charge in [0.1, 0.15) is 0 Å². The molecular formula is C15H32N2. The molecule has 102 valence electrons. The van der Waals surface area contributed by atoms with Gasteiger partial charge in [0.25, 0.3) is 0 Å². The molecule has 1 saturated heterocycles. The normalized spacial score (nSPS) is 22.9. The third kappa shape index (κ3) is 4.97. The van der Waals surface area contributed by atoms with Gasteiger partial charge in [0.2, 0.25) is 0 Å². The van der Waals surface area contributed by atoms with E-state index < -0.39 is 0 Å². The van der Waals surface area contributed by atoms with E-state index in [1.165, 1.54) is 38.8 Å². The van der Waals surface area contributed by atoms with Crippen molar-refractivity contribution in [1.82, 2.24) is 10.2 Å². The van der Waals surface area contributed by atoms with E-state index in [0.717, 1.165) is 6.54 Å². The summed E-state index contributed by atoms with van der Waals surface area (Å²) in [6.07, 6.45) is 5.19. The molecule has 0 aromatic carbocycles. The van der Waals surface area contributed by atoms with Crippen molar-refractivity contribution in [2.24, 2.45) is 5.41 Å². The predicted octanol–water partition coefficient (Wildman–Crippen LogP) is 3.28. The Morgan fingerprint density at radius 2 is 1.65 bits per heavy atom. The lowest BCUT2D eigenvalue weighted by atomic mass is 9.82. The molecule has 2 nitrogen and oxygen atoms in total. The van der Waals surface area contributed by atoms with E-state index in [1.807, 2.05) is 0 Å². The van der Waals surface area contributed by atoms with E-state index in [0.29, 0.717) is 17.5 Å². The number of piperidine rings is 1. The second kappa shape index (κ2) is 6.75. The molecule has 1 unspecified atom stereocenters. The standard InChI is InChI=1S/C15H32N2/c1-6-14(7-2)16-12-13(3)17-10-8-15(4,5)9-11-17/h13-14,16H,6-12H2,1-5H3. The second-order valence-corrected chi connectivity index (χ2v) is 6.47. The Kier molecular flexibility index (Phi) is 5.94. The summed E-state index contributed by atoms with van der Waals surface area (Å²) >= 11 is 0. The summed E-state index contributed by atoms with van der Waals surface area (Å²) in [6.45, 7) is 15.4. The van der Waals surface area contributed by atoms with Crippen molar-refractivity contribution >= 4 is 0 Å². The lowest BCUT2D eigenvalue weighted by Gasteiger charge is -2.40. The SMILES string of the molecule is CCC(CC)NCC(C)N1CCC(C)(C)CC1. The van der Waals surface area contributed by atoms with Gasteiger partial charge >= 0.3 is 0 Å². The quantitative estimate of drug-likeness (QED) is 0.766. The van der Waals surface area contributed by atoms with E-state index in [9.17, 15) is 0 Å². The third-order valence-electron chi connectivity index (χ3n) is 4.46. The zero-order valence-electron chi connectivity index (χ0n) is 12.6. The Balaban J connectivity index is 2.27. The Labute approximate surface area is 108 Å². The Morgan fingerprint density at radius 3 is 2.12 bits per heavy atom. The zero-order valence-corrected chi connectivity index (χ0v) is 12.6. The third-order valence-corrected chi connectivity index (χ3v) is 4.46. The van der Waals surface area contributed by atoms with Crippen molar-refractivity contribution in [1.29, 1.82) is 0 Å². The Morgan fingerprint density at radius 1 is 1.12 bits per heavy atom. The van der Waals surface area contributed by atoms with Gasteiger partial charge < -0.3 is 5.32 Å². The fraction of sp³-hybridized carbons (Fsp3) is 1.00. The Bertz CT molecular complexity index is 199. The zero-order chi connectivity index (χ0) is 12.9. The van der Waals surface area contributed by atoms with Gasteiger partial charge in [0, 0.05) is 18.6 Å². The molecule has 2 heteroatoms. The highest BCUT2D eigenvalue weighted by molar-refractivity contribution is 4.82. The molecule has 0 radical (unpaired) electrons. The van der Waals surface area contributed by atoms with E-state index in [2.05, 4.69) is 44.8 Å². The molecule has 1 aliphatic rings. The van der Waals surface area contributed by atoms with E-state index in [4.69, 9.17) is 0 Å². The minimum atomic E-state index is 0.568. The lowest BCUT2D eigenvalue weighted by Crippen LogP contribution is -2.47. The number of hydrogen-bond donors (Lipinski definition) is 1. The van der Waals surface area contributed by atoms with Gasteiger partial charge in [-0.1, -0.05) is 27.7 Å². The van der Waals surface area contributed by atoms with Crippen molar-refractivity contribution in [2.45, 2.75) is 72.4 Å². The molecule has 0 bridgehead atoms. The van der Waals surface area contributed by atoms with Crippen LogP contribution in [0.4, 0.5) is 0 Å². The topological polar surface area (TPSA) is 15.3 Å². The first-order valence-corrected chi connectivity index (χ1v) is 7.46. The van der Waals surface area contributed by atoms with Crippen LogP contribution in [-0.4, -0.2) is 36.6 Å².